The van der Waals surface area contributed by atoms with Crippen molar-refractivity contribution >= 4 is 11.9 Å². The normalized spacial score (nSPS) is 10.4. The van der Waals surface area contributed by atoms with Gasteiger partial charge in [-0.3, -0.25) is 9.59 Å². The Kier molecular flexibility index (Phi) is 26.8. The molecule has 4 N–H and O–H groups in total. The molecule has 6 nitrogen and oxygen atoms in total. The summed E-state index contributed by atoms with van der Waals surface area (Å²) in [5.74, 6) is -1.35. The molecule has 0 atom stereocenters. The summed E-state index contributed by atoms with van der Waals surface area (Å²) in [6.07, 6.45) is 19.9. The van der Waals surface area contributed by atoms with Crippen LogP contribution in [0.5, 0.6) is 0 Å². The highest BCUT2D eigenvalue weighted by atomic mass is 16.4. The summed E-state index contributed by atoms with van der Waals surface area (Å²) in [5, 5.41) is 32.3. The Labute approximate surface area is 171 Å². The molecule has 0 fully saturated rings. The molecular formula is C22H44O6. The van der Waals surface area contributed by atoms with Gasteiger partial charge in [0.05, 0.1) is 13.2 Å². The number of unbranched alkanes of at least 4 members (excludes halogenated alkanes) is 15. The number of carboxylic acid groups (broad SMARTS) is 2. The van der Waals surface area contributed by atoms with Gasteiger partial charge in [-0.05, 0) is 12.8 Å². The molecule has 0 aliphatic rings. The smallest absolute Gasteiger partial charge is 0.303 e. The van der Waals surface area contributed by atoms with Crippen LogP contribution in [0.2, 0.25) is 0 Å². The van der Waals surface area contributed by atoms with Crippen molar-refractivity contribution in [2.45, 2.75) is 116 Å². The minimum atomic E-state index is -0.673. The van der Waals surface area contributed by atoms with E-state index < -0.39 is 11.9 Å². The van der Waals surface area contributed by atoms with E-state index in [2.05, 4.69) is 0 Å². The van der Waals surface area contributed by atoms with Crippen molar-refractivity contribution in [2.24, 2.45) is 0 Å². The van der Waals surface area contributed by atoms with Crippen LogP contribution in [0.25, 0.3) is 0 Å². The zero-order chi connectivity index (χ0) is 21.3. The molecule has 0 saturated heterocycles. The second kappa shape index (κ2) is 25.9. The minimum Gasteiger partial charge on any atom is -0.481 e. The first-order valence-corrected chi connectivity index (χ1v) is 11.2. The van der Waals surface area contributed by atoms with Gasteiger partial charge in [0, 0.05) is 12.8 Å². The van der Waals surface area contributed by atoms with Gasteiger partial charge in [-0.25, -0.2) is 0 Å². The summed E-state index contributed by atoms with van der Waals surface area (Å²) >= 11 is 0. The lowest BCUT2D eigenvalue weighted by molar-refractivity contribution is -0.138. The molecule has 0 unspecified atom stereocenters. The molecule has 0 rings (SSSR count). The van der Waals surface area contributed by atoms with Crippen LogP contribution in [-0.2, 0) is 9.59 Å². The number of aliphatic carboxylic acids is 2. The standard InChI is InChI=1S/C20H38O4.C2H6O2/c21-19(22)17-15-13-11-9-7-5-3-1-2-4-6-8-10-12-14-16-18-20(23)24;3-1-2-4/h1-18H2,(H,21,22)(H,23,24);3-4H,1-2H2. The molecule has 0 bridgehead atoms. The quantitative estimate of drug-likeness (QED) is 0.209. The largest absolute Gasteiger partial charge is 0.481 e. The molecule has 0 aliphatic heterocycles. The average Bonchev–Trinajstić information content (AvgIpc) is 2.66. The second-order valence-corrected chi connectivity index (χ2v) is 7.39. The summed E-state index contributed by atoms with van der Waals surface area (Å²) in [6.45, 7) is -0.250. The topological polar surface area (TPSA) is 115 Å². The number of rotatable bonds is 20. The Morgan fingerprint density at radius 2 is 0.571 bits per heavy atom. The van der Waals surface area contributed by atoms with Crippen LogP contribution >= 0.6 is 0 Å². The SMILES string of the molecule is O=C(O)CCCCCCCCCCCCCCCCCCC(=O)O.OCCO. The van der Waals surface area contributed by atoms with E-state index in [1.807, 2.05) is 0 Å². The maximum absolute atomic E-state index is 10.4. The predicted octanol–water partition coefficient (Wildman–Crippen LogP) is 5.15. The van der Waals surface area contributed by atoms with Gasteiger partial charge >= 0.3 is 11.9 Å². The van der Waals surface area contributed by atoms with E-state index in [0.29, 0.717) is 12.8 Å². The molecular weight excluding hydrogens is 360 g/mol. The number of hydrogen-bond acceptors (Lipinski definition) is 4. The molecule has 28 heavy (non-hydrogen) atoms. The van der Waals surface area contributed by atoms with E-state index in [4.69, 9.17) is 20.4 Å². The van der Waals surface area contributed by atoms with E-state index in [1.54, 1.807) is 0 Å². The van der Waals surface area contributed by atoms with Crippen molar-refractivity contribution in [2.75, 3.05) is 13.2 Å². The summed E-state index contributed by atoms with van der Waals surface area (Å²) in [5.41, 5.74) is 0. The van der Waals surface area contributed by atoms with Crippen LogP contribution in [0.15, 0.2) is 0 Å². The van der Waals surface area contributed by atoms with Crippen LogP contribution < -0.4 is 0 Å². The van der Waals surface area contributed by atoms with E-state index in [0.717, 1.165) is 25.7 Å². The first-order valence-electron chi connectivity index (χ1n) is 11.2. The molecule has 6 heteroatoms. The van der Waals surface area contributed by atoms with Gasteiger partial charge in [-0.1, -0.05) is 89.9 Å². The summed E-state index contributed by atoms with van der Waals surface area (Å²) in [7, 11) is 0. The number of hydrogen-bond donors (Lipinski definition) is 4. The van der Waals surface area contributed by atoms with E-state index in [1.165, 1.54) is 77.0 Å². The Balaban J connectivity index is 0. The van der Waals surface area contributed by atoms with Gasteiger partial charge in [0.2, 0.25) is 0 Å². The fourth-order valence-corrected chi connectivity index (χ4v) is 3.03. The molecule has 0 amide bonds. The summed E-state index contributed by atoms with van der Waals surface area (Å²) in [4.78, 5) is 20.7. The van der Waals surface area contributed by atoms with Crippen molar-refractivity contribution < 1.29 is 30.0 Å². The average molecular weight is 405 g/mol. The Hall–Kier alpha value is -1.14. The lowest BCUT2D eigenvalue weighted by Gasteiger charge is -2.03. The highest BCUT2D eigenvalue weighted by molar-refractivity contribution is 5.66. The molecule has 168 valence electrons. The van der Waals surface area contributed by atoms with Crippen LogP contribution in [0.3, 0.4) is 0 Å². The third-order valence-corrected chi connectivity index (χ3v) is 4.63. The highest BCUT2D eigenvalue weighted by Crippen LogP contribution is 2.14. The molecule has 0 aliphatic carbocycles. The molecule has 0 aromatic rings. The fraction of sp³-hybridized carbons (Fsp3) is 0.909. The van der Waals surface area contributed by atoms with E-state index >= 15 is 0 Å². The summed E-state index contributed by atoms with van der Waals surface area (Å²) < 4.78 is 0. The monoisotopic (exact) mass is 404 g/mol. The van der Waals surface area contributed by atoms with Crippen LogP contribution in [0.1, 0.15) is 116 Å². The van der Waals surface area contributed by atoms with Crippen LogP contribution in [0, 0.1) is 0 Å². The first kappa shape index (κ1) is 29.1. The van der Waals surface area contributed by atoms with Gasteiger partial charge in [-0.2, -0.15) is 0 Å². The first-order chi connectivity index (χ1) is 13.5. The molecule has 0 heterocycles. The van der Waals surface area contributed by atoms with Gasteiger partial charge in [0.1, 0.15) is 0 Å². The van der Waals surface area contributed by atoms with Crippen molar-refractivity contribution in [3.8, 4) is 0 Å². The number of aliphatic hydroxyl groups is 2. The highest BCUT2D eigenvalue weighted by Gasteiger charge is 1.98. The van der Waals surface area contributed by atoms with Crippen molar-refractivity contribution in [1.29, 1.82) is 0 Å². The van der Waals surface area contributed by atoms with E-state index in [-0.39, 0.29) is 13.2 Å². The molecule has 0 saturated carbocycles. The van der Waals surface area contributed by atoms with Gasteiger partial charge in [0.15, 0.2) is 0 Å². The minimum absolute atomic E-state index is 0.125. The summed E-state index contributed by atoms with van der Waals surface area (Å²) in [6, 6.07) is 0. The Morgan fingerprint density at radius 1 is 0.393 bits per heavy atom. The third-order valence-electron chi connectivity index (χ3n) is 4.63. The van der Waals surface area contributed by atoms with Crippen molar-refractivity contribution in [3.63, 3.8) is 0 Å². The van der Waals surface area contributed by atoms with Crippen LogP contribution in [0.4, 0.5) is 0 Å². The lowest BCUT2D eigenvalue weighted by atomic mass is 10.0. The number of aliphatic hydroxyl groups excluding tert-OH is 2. The van der Waals surface area contributed by atoms with E-state index in [9.17, 15) is 9.59 Å². The van der Waals surface area contributed by atoms with Gasteiger partial charge in [0.25, 0.3) is 0 Å². The predicted molar refractivity (Wildman–Crippen MR) is 113 cm³/mol. The molecule has 0 radical (unpaired) electrons. The third kappa shape index (κ3) is 32.5. The Bertz CT molecular complexity index is 301. The molecule has 0 aromatic carbocycles. The second-order valence-electron chi connectivity index (χ2n) is 7.39. The zero-order valence-electron chi connectivity index (χ0n) is 17.7. The van der Waals surface area contributed by atoms with Gasteiger partial charge in [-0.15, -0.1) is 0 Å². The molecule has 0 spiro atoms. The fourth-order valence-electron chi connectivity index (χ4n) is 3.03. The van der Waals surface area contributed by atoms with Crippen LogP contribution in [-0.4, -0.2) is 45.6 Å². The zero-order valence-corrected chi connectivity index (χ0v) is 17.7. The Morgan fingerprint density at radius 3 is 0.714 bits per heavy atom. The van der Waals surface area contributed by atoms with Crippen molar-refractivity contribution in [3.05, 3.63) is 0 Å². The number of carbonyl (C=O) groups is 2. The van der Waals surface area contributed by atoms with Gasteiger partial charge < -0.3 is 20.4 Å². The number of carboxylic acids is 2. The maximum atomic E-state index is 10.4. The maximum Gasteiger partial charge on any atom is 0.303 e. The lowest BCUT2D eigenvalue weighted by Crippen LogP contribution is -1.93. The molecule has 0 aromatic heterocycles. The van der Waals surface area contributed by atoms with Crippen molar-refractivity contribution in [1.82, 2.24) is 0 Å².